The molecule has 20 heavy (non-hydrogen) atoms. The van der Waals surface area contributed by atoms with Crippen LogP contribution in [-0.2, 0) is 6.54 Å². The van der Waals surface area contributed by atoms with E-state index < -0.39 is 0 Å². The number of methoxy groups -OCH3 is 1. The Morgan fingerprint density at radius 3 is 2.60 bits per heavy atom. The summed E-state index contributed by atoms with van der Waals surface area (Å²) in [6.45, 7) is 11.0. The predicted octanol–water partition coefficient (Wildman–Crippen LogP) is 3.15. The van der Waals surface area contributed by atoms with Gasteiger partial charge in [-0.05, 0) is 31.5 Å². The summed E-state index contributed by atoms with van der Waals surface area (Å²) in [6, 6.07) is 8.25. The van der Waals surface area contributed by atoms with Crippen molar-refractivity contribution < 1.29 is 4.74 Å². The summed E-state index contributed by atoms with van der Waals surface area (Å²) >= 11 is 0. The van der Waals surface area contributed by atoms with Gasteiger partial charge in [0.25, 0.3) is 0 Å². The Morgan fingerprint density at radius 1 is 1.25 bits per heavy atom. The maximum atomic E-state index is 5.42. The van der Waals surface area contributed by atoms with Crippen molar-refractivity contribution in [1.82, 2.24) is 10.2 Å². The van der Waals surface area contributed by atoms with Gasteiger partial charge in [-0.1, -0.05) is 39.0 Å². The molecule has 114 valence electrons. The van der Waals surface area contributed by atoms with Gasteiger partial charge in [0, 0.05) is 25.2 Å². The first-order valence-corrected chi connectivity index (χ1v) is 7.49. The first kappa shape index (κ1) is 17.0. The van der Waals surface area contributed by atoms with E-state index in [9.17, 15) is 0 Å². The molecule has 0 radical (unpaired) electrons. The Balaban J connectivity index is 2.51. The largest absolute Gasteiger partial charge is 0.496 e. The third kappa shape index (κ3) is 5.93. The van der Waals surface area contributed by atoms with Crippen molar-refractivity contribution >= 4 is 0 Å². The summed E-state index contributed by atoms with van der Waals surface area (Å²) in [5.74, 6) is 0.973. The summed E-state index contributed by atoms with van der Waals surface area (Å²) in [5, 5.41) is 3.52. The fraction of sp³-hybridized carbons (Fsp3) is 0.647. The molecule has 0 saturated carbocycles. The van der Waals surface area contributed by atoms with Gasteiger partial charge >= 0.3 is 0 Å². The number of rotatable bonds is 9. The lowest BCUT2D eigenvalue weighted by Gasteiger charge is -2.31. The average molecular weight is 278 g/mol. The Bertz CT molecular complexity index is 390. The quantitative estimate of drug-likeness (QED) is 0.702. The average Bonchev–Trinajstić information content (AvgIpc) is 2.38. The van der Waals surface area contributed by atoms with Gasteiger partial charge in [-0.25, -0.2) is 0 Å². The smallest absolute Gasteiger partial charge is 0.123 e. The second-order valence-electron chi connectivity index (χ2n) is 6.33. The van der Waals surface area contributed by atoms with Gasteiger partial charge < -0.3 is 15.0 Å². The molecule has 1 N–H and O–H groups in total. The first-order chi connectivity index (χ1) is 9.48. The zero-order chi connectivity index (χ0) is 15.0. The lowest BCUT2D eigenvalue weighted by Crippen LogP contribution is -2.39. The van der Waals surface area contributed by atoms with Crippen molar-refractivity contribution in [2.45, 2.75) is 33.7 Å². The Labute approximate surface area is 124 Å². The minimum absolute atomic E-state index is 0.270. The molecule has 0 amide bonds. The fourth-order valence-electron chi connectivity index (χ4n) is 2.57. The van der Waals surface area contributed by atoms with Crippen LogP contribution in [0.25, 0.3) is 0 Å². The monoisotopic (exact) mass is 278 g/mol. The molecule has 0 atom stereocenters. The second kappa shape index (κ2) is 8.28. The predicted molar refractivity (Wildman–Crippen MR) is 86.3 cm³/mol. The molecule has 1 aromatic carbocycles. The minimum Gasteiger partial charge on any atom is -0.496 e. The number of ether oxygens (including phenoxy) is 1. The van der Waals surface area contributed by atoms with Gasteiger partial charge in [-0.15, -0.1) is 0 Å². The maximum Gasteiger partial charge on any atom is 0.123 e. The third-order valence-electron chi connectivity index (χ3n) is 3.36. The third-order valence-corrected chi connectivity index (χ3v) is 3.36. The van der Waals surface area contributed by atoms with Crippen LogP contribution in [0.1, 0.15) is 32.8 Å². The highest BCUT2D eigenvalue weighted by atomic mass is 16.5. The zero-order valence-electron chi connectivity index (χ0n) is 13.7. The van der Waals surface area contributed by atoms with E-state index in [1.54, 1.807) is 7.11 Å². The van der Waals surface area contributed by atoms with E-state index in [-0.39, 0.29) is 5.41 Å². The van der Waals surface area contributed by atoms with Crippen LogP contribution in [0.3, 0.4) is 0 Å². The van der Waals surface area contributed by atoms with E-state index in [0.29, 0.717) is 0 Å². The molecular weight excluding hydrogens is 248 g/mol. The molecule has 1 aromatic rings. The highest BCUT2D eigenvalue weighted by molar-refractivity contribution is 5.33. The molecule has 0 aromatic heterocycles. The summed E-state index contributed by atoms with van der Waals surface area (Å²) in [4.78, 5) is 2.37. The number of nitrogens with one attached hydrogen (secondary N) is 1. The van der Waals surface area contributed by atoms with Crippen LogP contribution in [0.4, 0.5) is 0 Å². The summed E-state index contributed by atoms with van der Waals surface area (Å²) in [7, 11) is 3.91. The Kier molecular flexibility index (Phi) is 7.03. The molecule has 0 aliphatic rings. The Morgan fingerprint density at radius 2 is 1.95 bits per heavy atom. The molecule has 0 saturated heterocycles. The summed E-state index contributed by atoms with van der Waals surface area (Å²) < 4.78 is 5.42. The molecule has 1 rings (SSSR count). The maximum absolute atomic E-state index is 5.42. The molecule has 0 bridgehead atoms. The SMILES string of the molecule is CCCNCC(C)(C)CN(C)Cc1ccccc1OC. The summed E-state index contributed by atoms with van der Waals surface area (Å²) in [6.07, 6.45) is 1.19. The van der Waals surface area contributed by atoms with Crippen LogP contribution in [0.2, 0.25) is 0 Å². The Hall–Kier alpha value is -1.06. The van der Waals surface area contributed by atoms with Gasteiger partial charge in [-0.3, -0.25) is 0 Å². The van der Waals surface area contributed by atoms with Crippen LogP contribution in [0.15, 0.2) is 24.3 Å². The van der Waals surface area contributed by atoms with Crippen LogP contribution in [-0.4, -0.2) is 38.7 Å². The molecule has 0 spiro atoms. The molecule has 0 aliphatic carbocycles. The van der Waals surface area contributed by atoms with E-state index in [0.717, 1.165) is 31.9 Å². The van der Waals surface area contributed by atoms with E-state index in [1.165, 1.54) is 12.0 Å². The van der Waals surface area contributed by atoms with Crippen LogP contribution in [0.5, 0.6) is 5.75 Å². The standard InChI is InChI=1S/C17H30N2O/c1-6-11-18-13-17(2,3)14-19(4)12-15-9-7-8-10-16(15)20-5/h7-10,18H,6,11-14H2,1-5H3. The van der Waals surface area contributed by atoms with Crippen molar-refractivity contribution in [3.8, 4) is 5.75 Å². The van der Waals surface area contributed by atoms with Gasteiger partial charge in [0.05, 0.1) is 7.11 Å². The normalized spacial score (nSPS) is 11.9. The number of benzene rings is 1. The molecule has 0 heterocycles. The number of hydrogen-bond donors (Lipinski definition) is 1. The lowest BCUT2D eigenvalue weighted by molar-refractivity contribution is 0.197. The molecule has 3 nitrogen and oxygen atoms in total. The highest BCUT2D eigenvalue weighted by Gasteiger charge is 2.20. The van der Waals surface area contributed by atoms with Crippen molar-refractivity contribution in [2.24, 2.45) is 5.41 Å². The van der Waals surface area contributed by atoms with E-state index in [1.807, 2.05) is 12.1 Å². The van der Waals surface area contributed by atoms with Crippen molar-refractivity contribution in [3.63, 3.8) is 0 Å². The molecular formula is C17H30N2O. The molecule has 0 aliphatic heterocycles. The topological polar surface area (TPSA) is 24.5 Å². The molecule has 3 heteroatoms. The molecule has 0 fully saturated rings. The minimum atomic E-state index is 0.270. The van der Waals surface area contributed by atoms with Crippen LogP contribution < -0.4 is 10.1 Å². The number of hydrogen-bond acceptors (Lipinski definition) is 3. The van der Waals surface area contributed by atoms with Crippen molar-refractivity contribution in [3.05, 3.63) is 29.8 Å². The van der Waals surface area contributed by atoms with Gasteiger partial charge in [-0.2, -0.15) is 0 Å². The van der Waals surface area contributed by atoms with E-state index in [4.69, 9.17) is 4.74 Å². The number of para-hydroxylation sites is 1. The number of nitrogens with zero attached hydrogens (tertiary/aromatic N) is 1. The fourth-order valence-corrected chi connectivity index (χ4v) is 2.57. The van der Waals surface area contributed by atoms with Gasteiger partial charge in [0.1, 0.15) is 5.75 Å². The lowest BCUT2D eigenvalue weighted by atomic mass is 9.92. The highest BCUT2D eigenvalue weighted by Crippen LogP contribution is 2.21. The van der Waals surface area contributed by atoms with E-state index >= 15 is 0 Å². The zero-order valence-corrected chi connectivity index (χ0v) is 13.7. The van der Waals surface area contributed by atoms with Gasteiger partial charge in [0.2, 0.25) is 0 Å². The summed E-state index contributed by atoms with van der Waals surface area (Å²) in [5.41, 5.74) is 1.51. The van der Waals surface area contributed by atoms with Gasteiger partial charge in [0.15, 0.2) is 0 Å². The first-order valence-electron chi connectivity index (χ1n) is 7.49. The van der Waals surface area contributed by atoms with Crippen molar-refractivity contribution in [1.29, 1.82) is 0 Å². The van der Waals surface area contributed by atoms with Crippen LogP contribution in [0, 0.1) is 5.41 Å². The van der Waals surface area contributed by atoms with Crippen LogP contribution >= 0.6 is 0 Å². The van der Waals surface area contributed by atoms with Crippen molar-refractivity contribution in [2.75, 3.05) is 33.8 Å². The second-order valence-corrected chi connectivity index (χ2v) is 6.33. The van der Waals surface area contributed by atoms with E-state index in [2.05, 4.69) is 50.2 Å². The molecule has 0 unspecified atom stereocenters.